The summed E-state index contributed by atoms with van der Waals surface area (Å²) in [5.41, 5.74) is 1.00. The van der Waals surface area contributed by atoms with Crippen molar-refractivity contribution in [2.45, 2.75) is 51.8 Å². The highest BCUT2D eigenvalue weighted by atomic mass is 16.5. The molecule has 1 aromatic rings. The van der Waals surface area contributed by atoms with Gasteiger partial charge in [-0.3, -0.25) is 9.59 Å². The Hall–Kier alpha value is -2.61. The predicted octanol–water partition coefficient (Wildman–Crippen LogP) is 1.65. The van der Waals surface area contributed by atoms with Gasteiger partial charge in [-0.05, 0) is 44.6 Å². The van der Waals surface area contributed by atoms with Crippen LogP contribution in [-0.2, 0) is 20.9 Å². The van der Waals surface area contributed by atoms with Crippen LogP contribution in [0.4, 0.5) is 4.79 Å². The number of hydrogen-bond donors (Lipinski definition) is 3. The van der Waals surface area contributed by atoms with Gasteiger partial charge in [-0.1, -0.05) is 30.3 Å². The number of carbonyl (C=O) groups excluding carboxylic acids is 3. The zero-order chi connectivity index (χ0) is 22.2. The number of nitrogens with zero attached hydrogens (tertiary/aromatic N) is 1. The van der Waals surface area contributed by atoms with Crippen molar-refractivity contribution in [1.82, 2.24) is 20.9 Å². The lowest BCUT2D eigenvalue weighted by molar-refractivity contribution is -0.125. The van der Waals surface area contributed by atoms with Crippen LogP contribution in [0.5, 0.6) is 0 Å². The van der Waals surface area contributed by atoms with Crippen LogP contribution in [0.25, 0.3) is 0 Å². The first-order valence-corrected chi connectivity index (χ1v) is 11.2. The summed E-state index contributed by atoms with van der Waals surface area (Å²) in [5.74, 6) is -0.219. The van der Waals surface area contributed by atoms with Crippen molar-refractivity contribution in [3.63, 3.8) is 0 Å². The number of benzene rings is 1. The second-order valence-electron chi connectivity index (χ2n) is 8.69. The summed E-state index contributed by atoms with van der Waals surface area (Å²) < 4.78 is 5.49. The Labute approximate surface area is 184 Å². The first-order chi connectivity index (χ1) is 14.9. The lowest BCUT2D eigenvalue weighted by Gasteiger charge is -2.23. The highest BCUT2D eigenvalue weighted by molar-refractivity contribution is 5.85. The van der Waals surface area contributed by atoms with E-state index in [4.69, 9.17) is 4.74 Å². The van der Waals surface area contributed by atoms with Gasteiger partial charge in [0.15, 0.2) is 0 Å². The molecule has 1 aromatic carbocycles. The Balaban J connectivity index is 1.48. The molecule has 8 nitrogen and oxygen atoms in total. The Morgan fingerprint density at radius 1 is 1.19 bits per heavy atom. The van der Waals surface area contributed by atoms with Crippen LogP contribution in [0.15, 0.2) is 30.3 Å². The molecular weight excluding hydrogens is 396 g/mol. The summed E-state index contributed by atoms with van der Waals surface area (Å²) in [6, 6.07) is 9.34. The average Bonchev–Trinajstić information content (AvgIpc) is 3.06. The monoisotopic (exact) mass is 430 g/mol. The smallest absolute Gasteiger partial charge is 0.318 e. The van der Waals surface area contributed by atoms with Gasteiger partial charge >= 0.3 is 6.03 Å². The van der Waals surface area contributed by atoms with Crippen molar-refractivity contribution in [2.24, 2.45) is 11.8 Å². The first kappa shape index (κ1) is 23.1. The molecule has 1 saturated heterocycles. The number of ether oxygens (including phenoxy) is 1. The summed E-state index contributed by atoms with van der Waals surface area (Å²) in [5, 5.41) is 8.89. The zero-order valence-corrected chi connectivity index (χ0v) is 18.4. The molecule has 3 atom stereocenters. The van der Waals surface area contributed by atoms with Gasteiger partial charge in [-0.15, -0.1) is 0 Å². The largest absolute Gasteiger partial charge is 0.379 e. The van der Waals surface area contributed by atoms with Gasteiger partial charge in [-0.2, -0.15) is 0 Å². The minimum Gasteiger partial charge on any atom is -0.379 e. The molecule has 0 spiro atoms. The normalized spacial score (nSPS) is 23.1. The molecule has 8 heteroatoms. The zero-order valence-electron chi connectivity index (χ0n) is 18.4. The molecule has 1 aliphatic carbocycles. The number of rotatable bonds is 8. The molecule has 4 amide bonds. The Bertz CT molecular complexity index is 755. The quantitative estimate of drug-likeness (QED) is 0.546. The fourth-order valence-electron chi connectivity index (χ4n) is 4.28. The van der Waals surface area contributed by atoms with Crippen LogP contribution in [0, 0.1) is 11.8 Å². The number of amides is 4. The van der Waals surface area contributed by atoms with Crippen molar-refractivity contribution in [2.75, 3.05) is 26.2 Å². The van der Waals surface area contributed by atoms with Gasteiger partial charge in [-0.25, -0.2) is 4.79 Å². The van der Waals surface area contributed by atoms with Crippen LogP contribution < -0.4 is 16.0 Å². The van der Waals surface area contributed by atoms with Gasteiger partial charge in [0.2, 0.25) is 11.8 Å². The minimum atomic E-state index is -0.252. The maximum Gasteiger partial charge on any atom is 0.318 e. The van der Waals surface area contributed by atoms with Crippen molar-refractivity contribution < 1.29 is 19.1 Å². The topological polar surface area (TPSA) is 99.8 Å². The number of hydrogen-bond acceptors (Lipinski definition) is 4. The molecule has 3 N–H and O–H groups in total. The lowest BCUT2D eigenvalue weighted by Crippen LogP contribution is -2.44. The number of fused-ring (bicyclic) bond motifs is 1. The number of carbonyl (C=O) groups is 3. The van der Waals surface area contributed by atoms with Crippen molar-refractivity contribution in [3.8, 4) is 0 Å². The molecule has 0 aromatic heterocycles. The van der Waals surface area contributed by atoms with E-state index in [0.29, 0.717) is 39.1 Å². The molecule has 2 fully saturated rings. The molecule has 3 rings (SSSR count). The van der Waals surface area contributed by atoms with Crippen molar-refractivity contribution >= 4 is 17.8 Å². The summed E-state index contributed by atoms with van der Waals surface area (Å²) in [4.78, 5) is 39.1. The summed E-state index contributed by atoms with van der Waals surface area (Å²) in [7, 11) is 0. The average molecular weight is 431 g/mol. The third kappa shape index (κ3) is 6.95. The standard InChI is InChI=1S/C23H34N4O4/c1-16(2)31-10-6-9-24-22(29)18-11-19-14-27(15-21(28)26-20(19)12-18)23(30)25-13-17-7-4-3-5-8-17/h3-5,7-8,16,18-20H,6,9-15H2,1-2H3,(H,24,29)(H,25,30)(H,26,28)/t18-,19+,20+/m0/s1. The molecule has 1 aliphatic heterocycles. The van der Waals surface area contributed by atoms with E-state index in [1.54, 1.807) is 4.90 Å². The fourth-order valence-corrected chi connectivity index (χ4v) is 4.28. The Kier molecular flexibility index (Phi) is 8.28. The molecule has 0 radical (unpaired) electrons. The lowest BCUT2D eigenvalue weighted by atomic mass is 10.0. The van der Waals surface area contributed by atoms with E-state index in [2.05, 4.69) is 16.0 Å². The van der Waals surface area contributed by atoms with Crippen LogP contribution >= 0.6 is 0 Å². The maximum absolute atomic E-state index is 12.7. The van der Waals surface area contributed by atoms with Gasteiger partial charge in [0.25, 0.3) is 0 Å². The van der Waals surface area contributed by atoms with Gasteiger partial charge in [0.05, 0.1) is 6.10 Å². The Morgan fingerprint density at radius 2 is 1.97 bits per heavy atom. The van der Waals surface area contributed by atoms with Crippen LogP contribution in [0.3, 0.4) is 0 Å². The molecule has 31 heavy (non-hydrogen) atoms. The third-order valence-corrected chi connectivity index (χ3v) is 5.85. The van der Waals surface area contributed by atoms with Gasteiger partial charge in [0, 0.05) is 38.2 Å². The highest BCUT2D eigenvalue weighted by Crippen LogP contribution is 2.33. The first-order valence-electron chi connectivity index (χ1n) is 11.2. The maximum atomic E-state index is 12.7. The van der Waals surface area contributed by atoms with E-state index in [9.17, 15) is 14.4 Å². The summed E-state index contributed by atoms with van der Waals surface area (Å²) in [6.45, 7) is 6.10. The van der Waals surface area contributed by atoms with Crippen LogP contribution in [0.1, 0.15) is 38.7 Å². The van der Waals surface area contributed by atoms with Gasteiger partial charge < -0.3 is 25.6 Å². The predicted molar refractivity (Wildman–Crippen MR) is 117 cm³/mol. The third-order valence-electron chi connectivity index (χ3n) is 5.85. The minimum absolute atomic E-state index is 0.0203. The molecule has 1 heterocycles. The van der Waals surface area contributed by atoms with E-state index in [1.807, 2.05) is 44.2 Å². The molecular formula is C23H34N4O4. The molecule has 170 valence electrons. The molecule has 1 saturated carbocycles. The van der Waals surface area contributed by atoms with Crippen molar-refractivity contribution in [3.05, 3.63) is 35.9 Å². The van der Waals surface area contributed by atoms with Gasteiger partial charge in [0.1, 0.15) is 6.54 Å². The SMILES string of the molecule is CC(C)OCCCNC(=O)[C@H]1C[C@@H]2CN(C(=O)NCc3ccccc3)CC(=O)N[C@@H]2C1. The fraction of sp³-hybridized carbons (Fsp3) is 0.609. The number of nitrogens with one attached hydrogen (secondary N) is 3. The Morgan fingerprint density at radius 3 is 2.71 bits per heavy atom. The van der Waals surface area contributed by atoms with E-state index < -0.39 is 0 Å². The summed E-state index contributed by atoms with van der Waals surface area (Å²) >= 11 is 0. The highest BCUT2D eigenvalue weighted by Gasteiger charge is 2.42. The van der Waals surface area contributed by atoms with Crippen LogP contribution in [0.2, 0.25) is 0 Å². The molecule has 0 unspecified atom stereocenters. The second kappa shape index (κ2) is 11.1. The molecule has 0 bridgehead atoms. The van der Waals surface area contributed by atoms with E-state index in [1.165, 1.54) is 0 Å². The molecule has 2 aliphatic rings. The van der Waals surface area contributed by atoms with E-state index in [-0.39, 0.29) is 48.4 Å². The second-order valence-corrected chi connectivity index (χ2v) is 8.69. The number of urea groups is 1. The van der Waals surface area contributed by atoms with E-state index in [0.717, 1.165) is 12.0 Å². The van der Waals surface area contributed by atoms with E-state index >= 15 is 0 Å². The van der Waals surface area contributed by atoms with Crippen LogP contribution in [-0.4, -0.2) is 61.1 Å². The van der Waals surface area contributed by atoms with Crippen molar-refractivity contribution in [1.29, 1.82) is 0 Å². The summed E-state index contributed by atoms with van der Waals surface area (Å²) in [6.07, 6.45) is 2.25.